The monoisotopic (exact) mass is 298 g/mol. The van der Waals surface area contributed by atoms with Crippen LogP contribution in [0, 0.1) is 5.41 Å². The molecular formula is C15H26N2O2S. The largest absolute Gasteiger partial charge is 0.399 e. The Balaban J connectivity index is 2.91. The Morgan fingerprint density at radius 1 is 1.15 bits per heavy atom. The van der Waals surface area contributed by atoms with E-state index in [2.05, 4.69) is 0 Å². The van der Waals surface area contributed by atoms with Crippen LogP contribution in [0.4, 0.5) is 5.69 Å². The van der Waals surface area contributed by atoms with Crippen molar-refractivity contribution in [2.24, 2.45) is 5.41 Å². The molecule has 1 aromatic rings. The molecule has 0 saturated carbocycles. The first-order chi connectivity index (χ1) is 9.14. The van der Waals surface area contributed by atoms with E-state index in [4.69, 9.17) is 5.73 Å². The third kappa shape index (κ3) is 5.51. The molecule has 0 amide bonds. The van der Waals surface area contributed by atoms with Crippen LogP contribution < -0.4 is 5.73 Å². The van der Waals surface area contributed by atoms with Crippen molar-refractivity contribution in [3.8, 4) is 0 Å². The molecule has 0 aliphatic rings. The molecule has 1 aromatic carbocycles. The van der Waals surface area contributed by atoms with E-state index < -0.39 is 10.0 Å². The highest BCUT2D eigenvalue weighted by Crippen LogP contribution is 2.21. The molecule has 1 rings (SSSR count). The summed E-state index contributed by atoms with van der Waals surface area (Å²) in [7, 11) is -3.25. The zero-order valence-corrected chi connectivity index (χ0v) is 13.7. The smallest absolute Gasteiger partial charge is 0.214 e. The number of benzene rings is 1. The lowest BCUT2D eigenvalue weighted by atomic mass is 10.0. The van der Waals surface area contributed by atoms with E-state index >= 15 is 0 Å². The minimum atomic E-state index is -3.25. The number of rotatable bonds is 6. The summed E-state index contributed by atoms with van der Waals surface area (Å²) in [6.45, 7) is 8.77. The molecule has 0 aromatic heterocycles. The summed E-state index contributed by atoms with van der Waals surface area (Å²) in [4.78, 5) is 0. The lowest BCUT2D eigenvalue weighted by Crippen LogP contribution is -2.37. The van der Waals surface area contributed by atoms with Crippen molar-refractivity contribution in [2.75, 3.05) is 18.0 Å². The fraction of sp³-hybridized carbons (Fsp3) is 0.600. The summed E-state index contributed by atoms with van der Waals surface area (Å²) in [6, 6.07) is 7.36. The van der Waals surface area contributed by atoms with Crippen LogP contribution in [0.5, 0.6) is 0 Å². The molecular weight excluding hydrogens is 272 g/mol. The zero-order valence-electron chi connectivity index (χ0n) is 12.9. The summed E-state index contributed by atoms with van der Waals surface area (Å²) in [6.07, 6.45) is 0.804. The van der Waals surface area contributed by atoms with Crippen molar-refractivity contribution in [3.63, 3.8) is 0 Å². The van der Waals surface area contributed by atoms with Gasteiger partial charge in [-0.05, 0) is 29.5 Å². The number of anilines is 1. The fourth-order valence-electron chi connectivity index (χ4n) is 2.03. The van der Waals surface area contributed by atoms with Crippen LogP contribution in [0.3, 0.4) is 0 Å². The Hall–Kier alpha value is -1.07. The van der Waals surface area contributed by atoms with Gasteiger partial charge < -0.3 is 5.73 Å². The Morgan fingerprint density at radius 3 is 2.15 bits per heavy atom. The van der Waals surface area contributed by atoms with Crippen molar-refractivity contribution >= 4 is 15.7 Å². The van der Waals surface area contributed by atoms with Gasteiger partial charge in [0.15, 0.2) is 0 Å². The van der Waals surface area contributed by atoms with E-state index in [-0.39, 0.29) is 11.2 Å². The molecule has 5 heteroatoms. The third-order valence-electron chi connectivity index (χ3n) is 2.82. The lowest BCUT2D eigenvalue weighted by Gasteiger charge is -2.26. The average molecular weight is 298 g/mol. The van der Waals surface area contributed by atoms with Gasteiger partial charge in [0.05, 0.1) is 5.75 Å². The van der Waals surface area contributed by atoms with Crippen molar-refractivity contribution in [1.82, 2.24) is 4.31 Å². The van der Waals surface area contributed by atoms with Gasteiger partial charge in [-0.25, -0.2) is 8.42 Å². The first kappa shape index (κ1) is 17.0. The van der Waals surface area contributed by atoms with Crippen LogP contribution in [-0.4, -0.2) is 25.0 Å². The van der Waals surface area contributed by atoms with Crippen LogP contribution >= 0.6 is 0 Å². The molecule has 0 aliphatic heterocycles. The standard InChI is InChI=1S/C15H26N2O2S/c1-5-10-17(20(18,19)12-15(2,3)4)11-13-6-8-14(16)9-7-13/h6-9H,5,10-12,16H2,1-4H3. The summed E-state index contributed by atoms with van der Waals surface area (Å²) in [5.74, 6) is 0.162. The molecule has 0 saturated heterocycles. The topological polar surface area (TPSA) is 63.4 Å². The predicted molar refractivity (Wildman–Crippen MR) is 84.8 cm³/mol. The van der Waals surface area contributed by atoms with E-state index in [1.807, 2.05) is 39.8 Å². The molecule has 0 bridgehead atoms. The maximum Gasteiger partial charge on any atom is 0.214 e. The first-order valence-corrected chi connectivity index (χ1v) is 8.57. The molecule has 4 nitrogen and oxygen atoms in total. The van der Waals surface area contributed by atoms with Crippen LogP contribution in [0.2, 0.25) is 0 Å². The van der Waals surface area contributed by atoms with Crippen LogP contribution in [-0.2, 0) is 16.6 Å². The summed E-state index contributed by atoms with van der Waals surface area (Å²) in [5, 5.41) is 0. The predicted octanol–water partition coefficient (Wildman–Crippen LogP) is 2.86. The van der Waals surface area contributed by atoms with Gasteiger partial charge in [0.2, 0.25) is 10.0 Å². The Labute approximate surface area is 123 Å². The van der Waals surface area contributed by atoms with Crippen molar-refractivity contribution in [1.29, 1.82) is 0 Å². The van der Waals surface area contributed by atoms with Gasteiger partial charge in [-0.1, -0.05) is 39.8 Å². The van der Waals surface area contributed by atoms with Crippen molar-refractivity contribution in [3.05, 3.63) is 29.8 Å². The SMILES string of the molecule is CCCN(Cc1ccc(N)cc1)S(=O)(=O)CC(C)(C)C. The van der Waals surface area contributed by atoms with Crippen LogP contribution in [0.15, 0.2) is 24.3 Å². The zero-order chi connectivity index (χ0) is 15.4. The molecule has 0 radical (unpaired) electrons. The minimum absolute atomic E-state index is 0.162. The van der Waals surface area contributed by atoms with Crippen molar-refractivity contribution < 1.29 is 8.42 Å². The lowest BCUT2D eigenvalue weighted by molar-refractivity contribution is 0.383. The van der Waals surface area contributed by atoms with Gasteiger partial charge in [-0.15, -0.1) is 0 Å². The van der Waals surface area contributed by atoms with E-state index in [1.54, 1.807) is 16.4 Å². The van der Waals surface area contributed by atoms with Gasteiger partial charge in [0.25, 0.3) is 0 Å². The second-order valence-electron chi connectivity index (χ2n) is 6.39. The number of sulfonamides is 1. The normalized spacial score (nSPS) is 12.8. The third-order valence-corrected chi connectivity index (χ3v) is 5.15. The number of hydrogen-bond acceptors (Lipinski definition) is 3. The van der Waals surface area contributed by atoms with E-state index in [9.17, 15) is 8.42 Å². The molecule has 0 heterocycles. The number of nitrogens with two attached hydrogens (primary N) is 1. The number of nitrogen functional groups attached to an aromatic ring is 1. The van der Waals surface area contributed by atoms with Gasteiger partial charge >= 0.3 is 0 Å². The molecule has 114 valence electrons. The molecule has 0 aliphatic carbocycles. The van der Waals surface area contributed by atoms with Gasteiger partial charge in [0.1, 0.15) is 0 Å². The minimum Gasteiger partial charge on any atom is -0.399 e. The molecule has 0 spiro atoms. The summed E-state index contributed by atoms with van der Waals surface area (Å²) < 4.78 is 26.6. The quantitative estimate of drug-likeness (QED) is 0.821. The average Bonchev–Trinajstić information content (AvgIpc) is 2.28. The molecule has 20 heavy (non-hydrogen) atoms. The van der Waals surface area contributed by atoms with E-state index in [0.29, 0.717) is 18.8 Å². The fourth-order valence-corrected chi connectivity index (χ4v) is 4.11. The maximum absolute atomic E-state index is 12.5. The van der Waals surface area contributed by atoms with E-state index in [1.165, 1.54) is 0 Å². The van der Waals surface area contributed by atoms with Gasteiger partial charge in [0, 0.05) is 18.8 Å². The summed E-state index contributed by atoms with van der Waals surface area (Å²) in [5.41, 5.74) is 7.06. The molecule has 0 fully saturated rings. The molecule has 0 unspecified atom stereocenters. The maximum atomic E-state index is 12.5. The molecule has 2 N–H and O–H groups in total. The second-order valence-corrected chi connectivity index (χ2v) is 8.36. The van der Waals surface area contributed by atoms with Gasteiger partial charge in [-0.3, -0.25) is 0 Å². The highest BCUT2D eigenvalue weighted by atomic mass is 32.2. The van der Waals surface area contributed by atoms with Crippen LogP contribution in [0.25, 0.3) is 0 Å². The Bertz CT molecular complexity index is 516. The summed E-state index contributed by atoms with van der Waals surface area (Å²) >= 11 is 0. The van der Waals surface area contributed by atoms with E-state index in [0.717, 1.165) is 12.0 Å². The molecule has 0 atom stereocenters. The highest BCUT2D eigenvalue weighted by Gasteiger charge is 2.27. The Kier molecular flexibility index (Phi) is 5.59. The number of hydrogen-bond donors (Lipinski definition) is 1. The first-order valence-electron chi connectivity index (χ1n) is 6.96. The van der Waals surface area contributed by atoms with Gasteiger partial charge in [-0.2, -0.15) is 4.31 Å². The highest BCUT2D eigenvalue weighted by molar-refractivity contribution is 7.89. The second kappa shape index (κ2) is 6.59. The number of nitrogens with zero attached hydrogens (tertiary/aromatic N) is 1. The van der Waals surface area contributed by atoms with Crippen molar-refractivity contribution in [2.45, 2.75) is 40.7 Å². The Morgan fingerprint density at radius 2 is 1.70 bits per heavy atom. The van der Waals surface area contributed by atoms with Crippen LogP contribution in [0.1, 0.15) is 39.7 Å².